The van der Waals surface area contributed by atoms with Crippen LogP contribution in [0.15, 0.2) is 33.7 Å². The second kappa shape index (κ2) is 5.46. The summed E-state index contributed by atoms with van der Waals surface area (Å²) in [7, 11) is 0. The van der Waals surface area contributed by atoms with Gasteiger partial charge in [-0.3, -0.25) is 4.79 Å². The zero-order chi connectivity index (χ0) is 14.1. The smallest absolute Gasteiger partial charge is 0.307 e. The van der Waals surface area contributed by atoms with Crippen molar-refractivity contribution in [1.82, 2.24) is 10.1 Å². The fraction of sp³-hybridized carbons (Fsp3) is 0.308. The predicted octanol–water partition coefficient (Wildman–Crippen LogP) is 3.20. The first kappa shape index (κ1) is 13.5. The van der Waals surface area contributed by atoms with Gasteiger partial charge in [0.25, 0.3) is 0 Å². The molecular formula is C13H11ClN2O3S. The van der Waals surface area contributed by atoms with Gasteiger partial charge in [0.1, 0.15) is 0 Å². The van der Waals surface area contributed by atoms with Crippen LogP contribution in [0.3, 0.4) is 0 Å². The average Bonchev–Trinajstić information content (AvgIpc) is 3.09. The topological polar surface area (TPSA) is 76.2 Å². The van der Waals surface area contributed by atoms with Crippen molar-refractivity contribution in [3.63, 3.8) is 0 Å². The van der Waals surface area contributed by atoms with Crippen LogP contribution in [-0.4, -0.2) is 21.2 Å². The van der Waals surface area contributed by atoms with Crippen LogP contribution in [0.25, 0.3) is 0 Å². The Bertz CT molecular complexity index is 646. The zero-order valence-corrected chi connectivity index (χ0v) is 11.9. The highest BCUT2D eigenvalue weighted by Crippen LogP contribution is 2.46. The van der Waals surface area contributed by atoms with Crippen molar-refractivity contribution >= 4 is 29.3 Å². The van der Waals surface area contributed by atoms with Crippen LogP contribution in [0.5, 0.6) is 0 Å². The van der Waals surface area contributed by atoms with Crippen molar-refractivity contribution in [2.24, 2.45) is 5.92 Å². The molecule has 2 unspecified atom stereocenters. The number of hydrogen-bond acceptors (Lipinski definition) is 5. The van der Waals surface area contributed by atoms with Crippen molar-refractivity contribution in [1.29, 1.82) is 0 Å². The lowest BCUT2D eigenvalue weighted by atomic mass is 10.3. The molecule has 20 heavy (non-hydrogen) atoms. The number of carboxylic acid groups (broad SMARTS) is 1. The van der Waals surface area contributed by atoms with Gasteiger partial charge >= 0.3 is 5.97 Å². The van der Waals surface area contributed by atoms with E-state index >= 15 is 0 Å². The molecule has 0 saturated heterocycles. The molecule has 1 heterocycles. The Hall–Kier alpha value is -1.53. The van der Waals surface area contributed by atoms with E-state index in [0.29, 0.717) is 28.9 Å². The van der Waals surface area contributed by atoms with Gasteiger partial charge in [-0.15, -0.1) is 11.8 Å². The van der Waals surface area contributed by atoms with E-state index in [-0.39, 0.29) is 11.8 Å². The molecule has 0 aliphatic heterocycles. The molecular weight excluding hydrogens is 300 g/mol. The second-order valence-corrected chi connectivity index (χ2v) is 6.07. The molecule has 1 saturated carbocycles. The van der Waals surface area contributed by atoms with E-state index in [9.17, 15) is 4.79 Å². The molecule has 104 valence electrons. The van der Waals surface area contributed by atoms with Crippen LogP contribution in [0.2, 0.25) is 5.02 Å². The maximum absolute atomic E-state index is 10.8. The fourth-order valence-corrected chi connectivity index (χ4v) is 2.98. The first-order valence-corrected chi connectivity index (χ1v) is 7.43. The van der Waals surface area contributed by atoms with E-state index in [1.54, 1.807) is 11.8 Å². The summed E-state index contributed by atoms with van der Waals surface area (Å²) in [4.78, 5) is 16.1. The molecule has 1 N–H and O–H groups in total. The Balaban J connectivity index is 1.59. The molecule has 3 rings (SSSR count). The predicted molar refractivity (Wildman–Crippen MR) is 73.8 cm³/mol. The molecule has 2 atom stereocenters. The molecule has 0 bridgehead atoms. The zero-order valence-electron chi connectivity index (χ0n) is 10.3. The number of carbonyl (C=O) groups is 1. The third kappa shape index (κ3) is 2.96. The molecule has 1 fully saturated rings. The van der Waals surface area contributed by atoms with E-state index < -0.39 is 5.97 Å². The summed E-state index contributed by atoms with van der Waals surface area (Å²) < 4.78 is 5.12. The van der Waals surface area contributed by atoms with Crippen LogP contribution in [0.1, 0.15) is 24.1 Å². The van der Waals surface area contributed by atoms with E-state index in [2.05, 4.69) is 10.1 Å². The molecule has 2 aromatic rings. The molecule has 1 aromatic carbocycles. The molecule has 5 nitrogen and oxygen atoms in total. The standard InChI is InChI=1S/C13H11ClN2O3S/c14-7-2-1-3-8(4-7)20-6-11-15-12(19-16-11)9-5-10(9)13(17)18/h1-4,9-10H,5-6H2,(H,17,18). The summed E-state index contributed by atoms with van der Waals surface area (Å²) in [5.74, 6) is 0.269. The number of nitrogens with zero attached hydrogens (tertiary/aromatic N) is 2. The summed E-state index contributed by atoms with van der Waals surface area (Å²) in [6, 6.07) is 7.53. The third-order valence-electron chi connectivity index (χ3n) is 3.07. The minimum absolute atomic E-state index is 0.120. The number of rotatable bonds is 5. The van der Waals surface area contributed by atoms with E-state index in [1.165, 1.54) is 0 Å². The van der Waals surface area contributed by atoms with Gasteiger partial charge in [-0.1, -0.05) is 22.8 Å². The Labute approximate surface area is 124 Å². The number of thioether (sulfide) groups is 1. The van der Waals surface area contributed by atoms with Gasteiger partial charge in [-0.05, 0) is 24.6 Å². The highest BCUT2D eigenvalue weighted by molar-refractivity contribution is 7.98. The van der Waals surface area contributed by atoms with Crippen molar-refractivity contribution in [2.45, 2.75) is 23.0 Å². The molecule has 1 aromatic heterocycles. The molecule has 0 radical (unpaired) electrons. The first-order chi connectivity index (χ1) is 9.63. The minimum Gasteiger partial charge on any atom is -0.481 e. The number of hydrogen-bond donors (Lipinski definition) is 1. The van der Waals surface area contributed by atoms with Gasteiger partial charge in [-0.25, -0.2) is 0 Å². The van der Waals surface area contributed by atoms with Gasteiger partial charge < -0.3 is 9.63 Å². The molecule has 0 spiro atoms. The van der Waals surface area contributed by atoms with Crippen LogP contribution < -0.4 is 0 Å². The Kier molecular flexibility index (Phi) is 3.67. The summed E-state index contributed by atoms with van der Waals surface area (Å²) in [6.45, 7) is 0. The summed E-state index contributed by atoms with van der Waals surface area (Å²) in [5.41, 5.74) is 0. The van der Waals surface area contributed by atoms with Crippen LogP contribution in [0, 0.1) is 5.92 Å². The van der Waals surface area contributed by atoms with Crippen molar-refractivity contribution in [3.05, 3.63) is 41.0 Å². The number of carboxylic acids is 1. The maximum atomic E-state index is 10.8. The highest BCUT2D eigenvalue weighted by atomic mass is 35.5. The lowest BCUT2D eigenvalue weighted by Crippen LogP contribution is -1.99. The van der Waals surface area contributed by atoms with Crippen molar-refractivity contribution < 1.29 is 14.4 Å². The van der Waals surface area contributed by atoms with Crippen LogP contribution in [0.4, 0.5) is 0 Å². The number of benzene rings is 1. The second-order valence-electron chi connectivity index (χ2n) is 4.58. The average molecular weight is 311 g/mol. The van der Waals surface area contributed by atoms with Crippen LogP contribution >= 0.6 is 23.4 Å². The molecule has 1 aliphatic rings. The first-order valence-electron chi connectivity index (χ1n) is 6.07. The Morgan fingerprint density at radius 3 is 3.10 bits per heavy atom. The Morgan fingerprint density at radius 2 is 2.40 bits per heavy atom. The fourth-order valence-electron chi connectivity index (χ4n) is 1.92. The largest absolute Gasteiger partial charge is 0.481 e. The summed E-state index contributed by atoms with van der Waals surface area (Å²) in [5, 5.41) is 13.4. The summed E-state index contributed by atoms with van der Waals surface area (Å²) in [6.07, 6.45) is 0.582. The molecule has 7 heteroatoms. The molecule has 0 amide bonds. The van der Waals surface area contributed by atoms with E-state index in [1.807, 2.05) is 24.3 Å². The minimum atomic E-state index is -0.803. The van der Waals surface area contributed by atoms with E-state index in [0.717, 1.165) is 4.90 Å². The van der Waals surface area contributed by atoms with Gasteiger partial charge in [0.15, 0.2) is 5.82 Å². The van der Waals surface area contributed by atoms with Crippen molar-refractivity contribution in [3.8, 4) is 0 Å². The lowest BCUT2D eigenvalue weighted by molar-refractivity contribution is -0.138. The van der Waals surface area contributed by atoms with Gasteiger partial charge in [-0.2, -0.15) is 4.98 Å². The van der Waals surface area contributed by atoms with Gasteiger partial charge in [0, 0.05) is 9.92 Å². The third-order valence-corrected chi connectivity index (χ3v) is 4.30. The normalized spacial score (nSPS) is 20.9. The van der Waals surface area contributed by atoms with Crippen LogP contribution in [-0.2, 0) is 10.5 Å². The lowest BCUT2D eigenvalue weighted by Gasteiger charge is -1.98. The van der Waals surface area contributed by atoms with Crippen molar-refractivity contribution in [2.75, 3.05) is 0 Å². The van der Waals surface area contributed by atoms with Gasteiger partial charge in [0.2, 0.25) is 5.89 Å². The summed E-state index contributed by atoms with van der Waals surface area (Å²) >= 11 is 7.46. The monoisotopic (exact) mass is 310 g/mol. The number of aliphatic carboxylic acids is 1. The Morgan fingerprint density at radius 1 is 1.55 bits per heavy atom. The number of aromatic nitrogens is 2. The highest BCUT2D eigenvalue weighted by Gasteiger charge is 2.48. The quantitative estimate of drug-likeness (QED) is 0.855. The maximum Gasteiger partial charge on any atom is 0.307 e. The molecule has 1 aliphatic carbocycles. The van der Waals surface area contributed by atoms with Gasteiger partial charge in [0.05, 0.1) is 17.6 Å². The van der Waals surface area contributed by atoms with E-state index in [4.69, 9.17) is 21.2 Å². The SMILES string of the molecule is O=C(O)C1CC1c1nc(CSc2cccc(Cl)c2)no1. The number of halogens is 1.